The van der Waals surface area contributed by atoms with Gasteiger partial charge < -0.3 is 4.57 Å². The Labute approximate surface area is 243 Å². The maximum absolute atomic E-state index is 3.34. The molecule has 42 heavy (non-hydrogen) atoms. The molecule has 0 atom stereocenters. The fraction of sp³-hybridized carbons (Fsp3) is 0.0244. The Bertz CT molecular complexity index is 2530. The number of para-hydroxylation sites is 1. The van der Waals surface area contributed by atoms with E-state index in [1.807, 2.05) is 6.07 Å². The molecule has 194 valence electrons. The fourth-order valence-corrected chi connectivity index (χ4v) is 7.01. The lowest BCUT2D eigenvalue weighted by atomic mass is 9.84. The highest BCUT2D eigenvalue weighted by Crippen LogP contribution is 2.46. The van der Waals surface area contributed by atoms with E-state index in [1.165, 1.54) is 81.8 Å². The van der Waals surface area contributed by atoms with Crippen molar-refractivity contribution in [2.24, 2.45) is 7.05 Å². The van der Waals surface area contributed by atoms with Crippen molar-refractivity contribution in [1.82, 2.24) is 4.57 Å². The molecule has 1 aromatic heterocycles. The Morgan fingerprint density at radius 1 is 0.452 bits per heavy atom. The SMILES string of the molecule is Cn1c2ccccc2c2cc3c(-c4ccc5ccc#cc5c4)c4ccccc4c(-c4ccc5ccccc5c4)c3cc21. The lowest BCUT2D eigenvalue weighted by molar-refractivity contribution is 1.02. The van der Waals surface area contributed by atoms with E-state index in [9.17, 15) is 0 Å². The van der Waals surface area contributed by atoms with Gasteiger partial charge in [-0.25, -0.2) is 0 Å². The topological polar surface area (TPSA) is 4.93 Å². The Morgan fingerprint density at radius 2 is 1.10 bits per heavy atom. The maximum atomic E-state index is 3.34. The molecule has 9 aromatic rings. The van der Waals surface area contributed by atoms with Crippen molar-refractivity contribution < 1.29 is 0 Å². The predicted molar refractivity (Wildman–Crippen MR) is 179 cm³/mol. The first-order chi connectivity index (χ1) is 20.7. The highest BCUT2D eigenvalue weighted by Gasteiger charge is 2.20. The highest BCUT2D eigenvalue weighted by atomic mass is 14.9. The second kappa shape index (κ2) is 8.71. The first-order valence-electron chi connectivity index (χ1n) is 14.4. The number of aryl methyl sites for hydroxylation is 1. The lowest BCUT2D eigenvalue weighted by Gasteiger charge is -2.19. The normalized spacial score (nSPS) is 11.7. The minimum Gasteiger partial charge on any atom is -0.344 e. The van der Waals surface area contributed by atoms with Gasteiger partial charge in [-0.15, -0.1) is 0 Å². The van der Waals surface area contributed by atoms with Crippen LogP contribution >= 0.6 is 0 Å². The van der Waals surface area contributed by atoms with E-state index < -0.39 is 0 Å². The number of rotatable bonds is 2. The summed E-state index contributed by atoms with van der Waals surface area (Å²) in [7, 11) is 2.18. The molecule has 1 heterocycles. The smallest absolute Gasteiger partial charge is 0.0495 e. The predicted octanol–water partition coefficient (Wildman–Crippen LogP) is 10.9. The number of hydrogen-bond donors (Lipinski definition) is 0. The van der Waals surface area contributed by atoms with E-state index in [-0.39, 0.29) is 0 Å². The second-order valence-electron chi connectivity index (χ2n) is 11.3. The number of aromatic nitrogens is 1. The van der Waals surface area contributed by atoms with E-state index in [1.54, 1.807) is 0 Å². The van der Waals surface area contributed by atoms with Gasteiger partial charge in [-0.2, -0.15) is 0 Å². The summed E-state index contributed by atoms with van der Waals surface area (Å²) in [5.41, 5.74) is 7.47. The van der Waals surface area contributed by atoms with E-state index in [0.29, 0.717) is 0 Å². The summed E-state index contributed by atoms with van der Waals surface area (Å²) in [5, 5.41) is 12.4. The van der Waals surface area contributed by atoms with Crippen LogP contribution in [-0.2, 0) is 7.05 Å². The molecule has 0 fully saturated rings. The van der Waals surface area contributed by atoms with Gasteiger partial charge in [0.2, 0.25) is 0 Å². The zero-order valence-corrected chi connectivity index (χ0v) is 23.1. The average molecular weight is 532 g/mol. The van der Waals surface area contributed by atoms with E-state index >= 15 is 0 Å². The second-order valence-corrected chi connectivity index (χ2v) is 11.3. The standard InChI is InChI=1S/C41H25N/c1-42-38-17-9-8-14-32(38)35-24-36-37(25-39(35)42)41(31-21-19-27-11-3-5-13-29(27)23-31)34-16-7-6-15-33(34)40(36)30-20-18-26-10-2-4-12-28(26)22-30/h2-3,5-11,13-25H,1H3. The average Bonchev–Trinajstić information content (AvgIpc) is 3.32. The Kier molecular flexibility index (Phi) is 4.80. The molecular weight excluding hydrogens is 506 g/mol. The number of hydrogen-bond acceptors (Lipinski definition) is 0. The van der Waals surface area contributed by atoms with Crippen molar-refractivity contribution in [3.63, 3.8) is 0 Å². The largest absolute Gasteiger partial charge is 0.344 e. The third kappa shape index (κ3) is 3.27. The first-order valence-corrected chi connectivity index (χ1v) is 14.4. The van der Waals surface area contributed by atoms with Crippen molar-refractivity contribution in [3.05, 3.63) is 146 Å². The van der Waals surface area contributed by atoms with Crippen molar-refractivity contribution in [2.75, 3.05) is 0 Å². The summed E-state index contributed by atoms with van der Waals surface area (Å²) in [5.74, 6) is 0. The maximum Gasteiger partial charge on any atom is 0.0495 e. The molecule has 0 saturated heterocycles. The van der Waals surface area contributed by atoms with Gasteiger partial charge in [0.05, 0.1) is 0 Å². The molecule has 0 bridgehead atoms. The summed E-state index contributed by atoms with van der Waals surface area (Å²) < 4.78 is 2.34. The van der Waals surface area contributed by atoms with Gasteiger partial charge in [0.15, 0.2) is 0 Å². The van der Waals surface area contributed by atoms with Crippen LogP contribution in [0.3, 0.4) is 0 Å². The molecule has 0 radical (unpaired) electrons. The minimum atomic E-state index is 1.08. The Morgan fingerprint density at radius 3 is 1.90 bits per heavy atom. The van der Waals surface area contributed by atoms with Crippen LogP contribution < -0.4 is 0 Å². The zero-order valence-electron chi connectivity index (χ0n) is 23.1. The van der Waals surface area contributed by atoms with Crippen LogP contribution in [0.5, 0.6) is 0 Å². The third-order valence-corrected chi connectivity index (χ3v) is 8.99. The van der Waals surface area contributed by atoms with Crippen molar-refractivity contribution in [3.8, 4) is 22.3 Å². The molecule has 0 unspecified atom stereocenters. The molecule has 0 aliphatic rings. The van der Waals surface area contributed by atoms with Crippen LogP contribution in [0, 0.1) is 12.1 Å². The zero-order chi connectivity index (χ0) is 27.8. The Balaban J connectivity index is 1.50. The van der Waals surface area contributed by atoms with Crippen LogP contribution in [-0.4, -0.2) is 4.57 Å². The van der Waals surface area contributed by atoms with E-state index in [4.69, 9.17) is 0 Å². The molecular formula is C41H25N. The molecule has 0 saturated carbocycles. The molecule has 0 amide bonds. The molecule has 1 heteroatoms. The summed E-state index contributed by atoms with van der Waals surface area (Å²) in [6.07, 6.45) is 0. The summed E-state index contributed by atoms with van der Waals surface area (Å²) in [6, 6.07) is 55.3. The summed E-state index contributed by atoms with van der Waals surface area (Å²) >= 11 is 0. The number of fused-ring (bicyclic) bond motifs is 7. The van der Waals surface area contributed by atoms with Gasteiger partial charge in [0, 0.05) is 34.2 Å². The van der Waals surface area contributed by atoms with Crippen molar-refractivity contribution >= 4 is 64.9 Å². The molecule has 0 aliphatic heterocycles. The van der Waals surface area contributed by atoms with E-state index in [2.05, 4.69) is 151 Å². The monoisotopic (exact) mass is 531 g/mol. The van der Waals surface area contributed by atoms with E-state index in [0.717, 1.165) is 5.39 Å². The summed E-state index contributed by atoms with van der Waals surface area (Å²) in [4.78, 5) is 0. The molecule has 1 nitrogen and oxygen atoms in total. The first kappa shape index (κ1) is 23.2. The van der Waals surface area contributed by atoms with Gasteiger partial charge in [-0.3, -0.25) is 0 Å². The lowest BCUT2D eigenvalue weighted by Crippen LogP contribution is -1.93. The van der Waals surface area contributed by atoms with Crippen LogP contribution in [0.2, 0.25) is 0 Å². The molecule has 9 rings (SSSR count). The van der Waals surface area contributed by atoms with Crippen molar-refractivity contribution in [2.45, 2.75) is 0 Å². The van der Waals surface area contributed by atoms with Crippen LogP contribution in [0.1, 0.15) is 0 Å². The van der Waals surface area contributed by atoms with Gasteiger partial charge >= 0.3 is 0 Å². The molecule has 0 spiro atoms. The Hall–Kier alpha value is -5.58. The quantitative estimate of drug-likeness (QED) is 0.196. The van der Waals surface area contributed by atoms with Crippen LogP contribution in [0.25, 0.3) is 87.1 Å². The fourth-order valence-electron chi connectivity index (χ4n) is 7.01. The minimum absolute atomic E-state index is 1.08. The van der Waals surface area contributed by atoms with Crippen LogP contribution in [0.4, 0.5) is 0 Å². The molecule has 0 N–H and O–H groups in total. The number of benzene rings is 7. The van der Waals surface area contributed by atoms with Gasteiger partial charge in [-0.05, 0) is 102 Å². The highest BCUT2D eigenvalue weighted by molar-refractivity contribution is 6.26. The molecule has 8 aromatic carbocycles. The van der Waals surface area contributed by atoms with Gasteiger partial charge in [0.1, 0.15) is 0 Å². The third-order valence-electron chi connectivity index (χ3n) is 8.99. The summed E-state index contributed by atoms with van der Waals surface area (Å²) in [6.45, 7) is 0. The van der Waals surface area contributed by atoms with Gasteiger partial charge in [0.25, 0.3) is 0 Å². The molecule has 0 aliphatic carbocycles. The van der Waals surface area contributed by atoms with Crippen LogP contribution in [0.15, 0.2) is 133 Å². The van der Waals surface area contributed by atoms with Crippen molar-refractivity contribution in [1.29, 1.82) is 0 Å². The number of nitrogens with zero attached hydrogens (tertiary/aromatic N) is 1. The van der Waals surface area contributed by atoms with Gasteiger partial charge in [-0.1, -0.05) is 103 Å².